The van der Waals surface area contributed by atoms with Gasteiger partial charge in [-0.1, -0.05) is 37.5 Å². The molecule has 4 rings (SSSR count). The number of aromatic nitrogens is 3. The van der Waals surface area contributed by atoms with Crippen molar-refractivity contribution in [3.05, 3.63) is 53.8 Å². The molecule has 5 nitrogen and oxygen atoms in total. The summed E-state index contributed by atoms with van der Waals surface area (Å²) in [7, 11) is 0. The van der Waals surface area contributed by atoms with Crippen LogP contribution in [0, 0.1) is 0 Å². The molecule has 27 heavy (non-hydrogen) atoms. The van der Waals surface area contributed by atoms with E-state index in [2.05, 4.69) is 17.0 Å². The van der Waals surface area contributed by atoms with Crippen LogP contribution in [0.25, 0.3) is 16.3 Å². The van der Waals surface area contributed by atoms with Crippen molar-refractivity contribution in [2.75, 3.05) is 6.54 Å². The zero-order valence-electron chi connectivity index (χ0n) is 15.5. The maximum Gasteiger partial charge on any atom is 0.273 e. The Morgan fingerprint density at radius 3 is 2.74 bits per heavy atom. The van der Waals surface area contributed by atoms with Crippen LogP contribution < -0.4 is 0 Å². The van der Waals surface area contributed by atoms with Crippen molar-refractivity contribution < 1.29 is 4.79 Å². The van der Waals surface area contributed by atoms with Crippen LogP contribution in [0.4, 0.5) is 0 Å². The van der Waals surface area contributed by atoms with Crippen molar-refractivity contribution >= 4 is 17.2 Å². The molecule has 3 aromatic rings. The highest BCUT2D eigenvalue weighted by molar-refractivity contribution is 7.13. The van der Waals surface area contributed by atoms with Gasteiger partial charge in [-0.15, -0.1) is 11.3 Å². The lowest BCUT2D eigenvalue weighted by Gasteiger charge is -2.33. The van der Waals surface area contributed by atoms with Crippen molar-refractivity contribution in [3.63, 3.8) is 0 Å². The molecule has 1 saturated carbocycles. The first-order chi connectivity index (χ1) is 13.3. The van der Waals surface area contributed by atoms with Gasteiger partial charge in [-0.25, -0.2) is 9.67 Å². The van der Waals surface area contributed by atoms with Crippen LogP contribution in [0.1, 0.15) is 49.5 Å². The van der Waals surface area contributed by atoms with Gasteiger partial charge in [-0.05, 0) is 31.9 Å². The van der Waals surface area contributed by atoms with Gasteiger partial charge in [0.15, 0.2) is 0 Å². The van der Waals surface area contributed by atoms with E-state index in [1.807, 2.05) is 51.5 Å². The lowest BCUT2D eigenvalue weighted by atomic mass is 9.94. The average Bonchev–Trinajstić information content (AvgIpc) is 3.40. The van der Waals surface area contributed by atoms with E-state index in [0.29, 0.717) is 11.7 Å². The minimum Gasteiger partial charge on any atom is -0.335 e. The van der Waals surface area contributed by atoms with Crippen LogP contribution in [-0.2, 0) is 0 Å². The number of rotatable bonds is 5. The second-order valence-electron chi connectivity index (χ2n) is 6.93. The highest BCUT2D eigenvalue weighted by Gasteiger charge is 2.26. The number of thiazole rings is 1. The van der Waals surface area contributed by atoms with Crippen molar-refractivity contribution in [1.82, 2.24) is 19.7 Å². The molecular formula is C21H24N4OS. The molecule has 6 heteroatoms. The number of nitrogens with zero attached hydrogens (tertiary/aromatic N) is 4. The Labute approximate surface area is 163 Å². The molecule has 1 aliphatic rings. The third kappa shape index (κ3) is 3.81. The van der Waals surface area contributed by atoms with E-state index in [1.54, 1.807) is 6.20 Å². The molecule has 0 radical (unpaired) electrons. The molecule has 0 N–H and O–H groups in total. The topological polar surface area (TPSA) is 51.0 Å². The molecule has 0 spiro atoms. The molecule has 1 aliphatic carbocycles. The van der Waals surface area contributed by atoms with Gasteiger partial charge in [-0.3, -0.25) is 4.79 Å². The number of para-hydroxylation sites is 1. The predicted octanol–water partition coefficient (Wildman–Crippen LogP) is 4.79. The Kier molecular flexibility index (Phi) is 5.34. The lowest BCUT2D eigenvalue weighted by Crippen LogP contribution is -2.41. The molecule has 1 fully saturated rings. The molecule has 2 heterocycles. The van der Waals surface area contributed by atoms with Crippen molar-refractivity contribution in [2.24, 2.45) is 0 Å². The largest absolute Gasteiger partial charge is 0.335 e. The lowest BCUT2D eigenvalue weighted by molar-refractivity contribution is 0.0643. The highest BCUT2D eigenvalue weighted by atomic mass is 32.1. The molecule has 1 aromatic carbocycles. The van der Waals surface area contributed by atoms with Gasteiger partial charge in [0.05, 0.1) is 11.9 Å². The average molecular weight is 381 g/mol. The maximum atomic E-state index is 13.0. The highest BCUT2D eigenvalue weighted by Crippen LogP contribution is 2.27. The van der Waals surface area contributed by atoms with Gasteiger partial charge in [0.25, 0.3) is 5.91 Å². The number of benzene rings is 1. The summed E-state index contributed by atoms with van der Waals surface area (Å²) in [4.78, 5) is 19.6. The van der Waals surface area contributed by atoms with Gasteiger partial charge >= 0.3 is 0 Å². The summed E-state index contributed by atoms with van der Waals surface area (Å²) in [6.45, 7) is 2.80. The second-order valence-corrected chi connectivity index (χ2v) is 7.79. The first kappa shape index (κ1) is 17.9. The third-order valence-corrected chi connectivity index (χ3v) is 6.08. The maximum absolute atomic E-state index is 13.0. The number of carbonyl (C=O) groups is 1. The van der Waals surface area contributed by atoms with E-state index in [4.69, 9.17) is 0 Å². The molecule has 0 aliphatic heterocycles. The van der Waals surface area contributed by atoms with Crippen LogP contribution in [-0.4, -0.2) is 38.2 Å². The van der Waals surface area contributed by atoms with E-state index in [0.717, 1.165) is 35.6 Å². The summed E-state index contributed by atoms with van der Waals surface area (Å²) in [5.41, 5.74) is 2.49. The monoisotopic (exact) mass is 380 g/mol. The number of amides is 1. The van der Waals surface area contributed by atoms with Gasteiger partial charge < -0.3 is 4.90 Å². The first-order valence-corrected chi connectivity index (χ1v) is 10.5. The van der Waals surface area contributed by atoms with Gasteiger partial charge in [0.2, 0.25) is 0 Å². The minimum atomic E-state index is 0.0577. The van der Waals surface area contributed by atoms with E-state index < -0.39 is 0 Å². The number of carbonyl (C=O) groups excluding carboxylic acids is 1. The van der Waals surface area contributed by atoms with Crippen molar-refractivity contribution in [3.8, 4) is 16.3 Å². The molecule has 0 atom stereocenters. The summed E-state index contributed by atoms with van der Waals surface area (Å²) in [5.74, 6) is 0.0577. The van der Waals surface area contributed by atoms with Crippen LogP contribution in [0.15, 0.2) is 48.1 Å². The molecule has 2 aromatic heterocycles. The smallest absolute Gasteiger partial charge is 0.273 e. The Bertz CT molecular complexity index is 896. The van der Waals surface area contributed by atoms with Gasteiger partial charge in [0.1, 0.15) is 10.7 Å². The van der Waals surface area contributed by atoms with Crippen molar-refractivity contribution in [2.45, 2.75) is 45.1 Å². The predicted molar refractivity (Wildman–Crippen MR) is 108 cm³/mol. The van der Waals surface area contributed by atoms with Gasteiger partial charge in [-0.2, -0.15) is 5.10 Å². The molecule has 140 valence electrons. The second kappa shape index (κ2) is 8.05. The van der Waals surface area contributed by atoms with Crippen molar-refractivity contribution in [1.29, 1.82) is 0 Å². The van der Waals surface area contributed by atoms with Gasteiger partial charge in [0, 0.05) is 29.7 Å². The van der Waals surface area contributed by atoms with Crippen LogP contribution in [0.5, 0.6) is 0 Å². The fourth-order valence-electron chi connectivity index (χ4n) is 3.77. The molecule has 0 bridgehead atoms. The Hall–Kier alpha value is -2.47. The Morgan fingerprint density at radius 1 is 1.22 bits per heavy atom. The molecule has 0 unspecified atom stereocenters. The summed E-state index contributed by atoms with van der Waals surface area (Å²) in [5, 5.41) is 7.14. The molecular weight excluding hydrogens is 356 g/mol. The summed E-state index contributed by atoms with van der Waals surface area (Å²) >= 11 is 1.50. The SMILES string of the molecule is CCN(C(=O)c1csc(-c2cnn(-c3ccccc3)c2)n1)C1CCCCC1. The number of hydrogen-bond acceptors (Lipinski definition) is 4. The zero-order chi connectivity index (χ0) is 18.6. The van der Waals surface area contributed by atoms with E-state index >= 15 is 0 Å². The quantitative estimate of drug-likeness (QED) is 0.639. The van der Waals surface area contributed by atoms with E-state index in [9.17, 15) is 4.79 Å². The standard InChI is InChI=1S/C21H24N4OS/c1-2-24(17-9-5-3-6-10-17)21(26)19-15-27-20(23-19)16-13-22-25(14-16)18-11-7-4-8-12-18/h4,7-8,11-15,17H,2-3,5-6,9-10H2,1H3. The number of hydrogen-bond donors (Lipinski definition) is 0. The Balaban J connectivity index is 1.53. The minimum absolute atomic E-state index is 0.0577. The fraction of sp³-hybridized carbons (Fsp3) is 0.381. The van der Waals surface area contributed by atoms with E-state index in [-0.39, 0.29) is 5.91 Å². The Morgan fingerprint density at radius 2 is 2.00 bits per heavy atom. The normalized spacial score (nSPS) is 15.0. The van der Waals surface area contributed by atoms with Crippen LogP contribution >= 0.6 is 11.3 Å². The summed E-state index contributed by atoms with van der Waals surface area (Å²) < 4.78 is 1.83. The third-order valence-electron chi connectivity index (χ3n) is 5.19. The first-order valence-electron chi connectivity index (χ1n) is 9.63. The fourth-order valence-corrected chi connectivity index (χ4v) is 4.54. The molecule has 0 saturated heterocycles. The van der Waals surface area contributed by atoms with E-state index in [1.165, 1.54) is 30.6 Å². The zero-order valence-corrected chi connectivity index (χ0v) is 16.4. The van der Waals surface area contributed by atoms with Crippen LogP contribution in [0.3, 0.4) is 0 Å². The molecule has 1 amide bonds. The summed E-state index contributed by atoms with van der Waals surface area (Å²) in [6.07, 6.45) is 9.71. The summed E-state index contributed by atoms with van der Waals surface area (Å²) in [6, 6.07) is 10.3. The van der Waals surface area contributed by atoms with Crippen LogP contribution in [0.2, 0.25) is 0 Å².